The molecule has 0 aliphatic carbocycles. The first-order valence-electron chi connectivity index (χ1n) is 7.55. The molecule has 0 unspecified atom stereocenters. The molecule has 0 N–H and O–H groups in total. The molecule has 0 fully saturated rings. The van der Waals surface area contributed by atoms with Crippen molar-refractivity contribution < 1.29 is 9.47 Å². The van der Waals surface area contributed by atoms with E-state index in [4.69, 9.17) is 14.5 Å². The van der Waals surface area contributed by atoms with Crippen LogP contribution in [0.1, 0.15) is 13.8 Å². The van der Waals surface area contributed by atoms with Gasteiger partial charge in [-0.1, -0.05) is 18.7 Å². The Kier molecular flexibility index (Phi) is 4.71. The van der Waals surface area contributed by atoms with Gasteiger partial charge in [-0.05, 0) is 30.9 Å². The third-order valence-corrected chi connectivity index (χ3v) is 4.22. The van der Waals surface area contributed by atoms with Crippen molar-refractivity contribution in [1.29, 1.82) is 0 Å². The second kappa shape index (κ2) is 6.91. The molecule has 0 saturated heterocycles. The molecule has 120 valence electrons. The van der Waals surface area contributed by atoms with E-state index in [1.807, 2.05) is 41.8 Å². The van der Waals surface area contributed by atoms with Crippen molar-refractivity contribution in [3.63, 3.8) is 0 Å². The van der Waals surface area contributed by atoms with Crippen LogP contribution in [0.2, 0.25) is 0 Å². The van der Waals surface area contributed by atoms with Gasteiger partial charge in [-0.15, -0.1) is 0 Å². The van der Waals surface area contributed by atoms with Gasteiger partial charge in [0.25, 0.3) is 0 Å². The molecule has 3 aromatic rings. The molecule has 2 aromatic heterocycles. The van der Waals surface area contributed by atoms with Gasteiger partial charge in [0, 0.05) is 24.0 Å². The van der Waals surface area contributed by atoms with Crippen molar-refractivity contribution in [3.05, 3.63) is 36.7 Å². The highest BCUT2D eigenvalue weighted by molar-refractivity contribution is 7.99. The van der Waals surface area contributed by atoms with E-state index in [1.165, 1.54) is 0 Å². The van der Waals surface area contributed by atoms with Gasteiger partial charge in [-0.2, -0.15) is 0 Å². The lowest BCUT2D eigenvalue weighted by Crippen LogP contribution is -1.98. The fourth-order valence-electron chi connectivity index (χ4n) is 2.38. The van der Waals surface area contributed by atoms with E-state index in [1.54, 1.807) is 25.1 Å². The van der Waals surface area contributed by atoms with Crippen molar-refractivity contribution in [3.8, 4) is 22.8 Å². The first-order valence-corrected chi connectivity index (χ1v) is 8.53. The maximum absolute atomic E-state index is 5.57. The van der Waals surface area contributed by atoms with E-state index in [0.29, 0.717) is 12.4 Å². The number of aromatic nitrogens is 3. The maximum Gasteiger partial charge on any atom is 0.174 e. The van der Waals surface area contributed by atoms with Crippen molar-refractivity contribution in [2.75, 3.05) is 19.5 Å². The molecule has 0 radical (unpaired) electrons. The smallest absolute Gasteiger partial charge is 0.174 e. The quantitative estimate of drug-likeness (QED) is 0.507. The van der Waals surface area contributed by atoms with Crippen LogP contribution in [0.25, 0.3) is 16.9 Å². The Morgan fingerprint density at radius 1 is 1.17 bits per heavy atom. The maximum atomic E-state index is 5.57. The summed E-state index contributed by atoms with van der Waals surface area (Å²) in [6.45, 7) is 4.67. The highest BCUT2D eigenvalue weighted by Gasteiger charge is 2.11. The monoisotopic (exact) mass is 329 g/mol. The minimum atomic E-state index is 0.602. The number of rotatable bonds is 6. The lowest BCUT2D eigenvalue weighted by atomic mass is 10.1. The van der Waals surface area contributed by atoms with Gasteiger partial charge >= 0.3 is 0 Å². The number of fused-ring (bicyclic) bond motifs is 1. The third-order valence-electron chi connectivity index (χ3n) is 3.39. The van der Waals surface area contributed by atoms with Crippen molar-refractivity contribution >= 4 is 17.4 Å². The molecule has 0 aliphatic rings. The largest absolute Gasteiger partial charge is 0.493 e. The van der Waals surface area contributed by atoms with Crippen LogP contribution < -0.4 is 9.47 Å². The molecular weight excluding hydrogens is 310 g/mol. The fourth-order valence-corrected chi connectivity index (χ4v) is 3.09. The Morgan fingerprint density at radius 3 is 2.78 bits per heavy atom. The molecule has 1 aromatic carbocycles. The first kappa shape index (κ1) is 15.7. The van der Waals surface area contributed by atoms with Crippen molar-refractivity contribution in [2.24, 2.45) is 0 Å². The van der Waals surface area contributed by atoms with Crippen LogP contribution in [-0.4, -0.2) is 33.8 Å². The summed E-state index contributed by atoms with van der Waals surface area (Å²) >= 11 is 1.70. The van der Waals surface area contributed by atoms with E-state index < -0.39 is 0 Å². The Hall–Kier alpha value is -2.21. The average molecular weight is 329 g/mol. The molecule has 5 nitrogen and oxygen atoms in total. The minimum Gasteiger partial charge on any atom is -0.493 e. The van der Waals surface area contributed by atoms with Gasteiger partial charge in [-0.3, -0.25) is 4.40 Å². The molecule has 0 bridgehead atoms. The summed E-state index contributed by atoms with van der Waals surface area (Å²) in [4.78, 5) is 9.16. The molecule has 0 atom stereocenters. The van der Waals surface area contributed by atoms with Crippen LogP contribution >= 0.6 is 11.8 Å². The fraction of sp³-hybridized carbons (Fsp3) is 0.294. The zero-order chi connectivity index (χ0) is 16.2. The molecule has 0 spiro atoms. The summed E-state index contributed by atoms with van der Waals surface area (Å²) in [5.74, 6) is 2.40. The SMILES string of the molecule is CCOc1ccc(-c2cc3nccn3c(SCC)n2)cc1OC. The molecule has 0 saturated carbocycles. The van der Waals surface area contributed by atoms with E-state index in [-0.39, 0.29) is 0 Å². The van der Waals surface area contributed by atoms with Gasteiger partial charge in [-0.25, -0.2) is 9.97 Å². The molecule has 2 heterocycles. The molecule has 6 heteroatoms. The highest BCUT2D eigenvalue weighted by Crippen LogP contribution is 2.33. The van der Waals surface area contributed by atoms with Crippen LogP contribution in [-0.2, 0) is 0 Å². The van der Waals surface area contributed by atoms with Crippen LogP contribution in [0.15, 0.2) is 41.8 Å². The number of hydrogen-bond acceptors (Lipinski definition) is 5. The number of benzene rings is 1. The summed E-state index contributed by atoms with van der Waals surface area (Å²) in [6.07, 6.45) is 3.72. The second-order valence-corrected chi connectivity index (χ2v) is 6.04. The van der Waals surface area contributed by atoms with Gasteiger partial charge in [0.15, 0.2) is 16.7 Å². The summed E-state index contributed by atoms with van der Waals surface area (Å²) in [6, 6.07) is 7.85. The van der Waals surface area contributed by atoms with Gasteiger partial charge in [0.05, 0.1) is 19.4 Å². The normalized spacial score (nSPS) is 10.9. The van der Waals surface area contributed by atoms with E-state index in [9.17, 15) is 0 Å². The Labute approximate surface area is 139 Å². The van der Waals surface area contributed by atoms with E-state index in [0.717, 1.165) is 33.6 Å². The van der Waals surface area contributed by atoms with Crippen LogP contribution in [0.3, 0.4) is 0 Å². The summed E-state index contributed by atoms with van der Waals surface area (Å²) < 4.78 is 13.0. The summed E-state index contributed by atoms with van der Waals surface area (Å²) in [5.41, 5.74) is 2.74. The van der Waals surface area contributed by atoms with E-state index >= 15 is 0 Å². The van der Waals surface area contributed by atoms with Gasteiger partial charge in [0.2, 0.25) is 0 Å². The minimum absolute atomic E-state index is 0.602. The number of ether oxygens (including phenoxy) is 2. The predicted molar refractivity (Wildman–Crippen MR) is 92.5 cm³/mol. The number of thioether (sulfide) groups is 1. The Morgan fingerprint density at radius 2 is 2.04 bits per heavy atom. The Balaban J connectivity index is 2.08. The Bertz CT molecular complexity index is 817. The van der Waals surface area contributed by atoms with Crippen LogP contribution in [0.4, 0.5) is 0 Å². The topological polar surface area (TPSA) is 48.7 Å². The zero-order valence-corrected chi connectivity index (χ0v) is 14.3. The molecular formula is C17H19N3O2S. The first-order chi connectivity index (χ1) is 11.3. The molecule has 3 rings (SSSR count). The number of methoxy groups -OCH3 is 1. The lowest BCUT2D eigenvalue weighted by molar-refractivity contribution is 0.311. The average Bonchev–Trinajstić information content (AvgIpc) is 3.04. The lowest BCUT2D eigenvalue weighted by Gasteiger charge is -2.12. The molecule has 0 amide bonds. The number of hydrogen-bond donors (Lipinski definition) is 0. The molecule has 23 heavy (non-hydrogen) atoms. The highest BCUT2D eigenvalue weighted by atomic mass is 32.2. The number of imidazole rings is 1. The zero-order valence-electron chi connectivity index (χ0n) is 13.4. The standard InChI is InChI=1S/C17H19N3O2S/c1-4-22-14-7-6-12(10-15(14)21-3)13-11-16-18-8-9-20(16)17(19-13)23-5-2/h6-11H,4-5H2,1-3H3. The summed E-state index contributed by atoms with van der Waals surface area (Å²) in [5, 5.41) is 0.936. The van der Waals surface area contributed by atoms with Crippen molar-refractivity contribution in [2.45, 2.75) is 19.0 Å². The molecule has 0 aliphatic heterocycles. The third kappa shape index (κ3) is 3.12. The predicted octanol–water partition coefficient (Wildman–Crippen LogP) is 3.92. The van der Waals surface area contributed by atoms with Crippen molar-refractivity contribution in [1.82, 2.24) is 14.4 Å². The van der Waals surface area contributed by atoms with Gasteiger partial charge < -0.3 is 9.47 Å². The van der Waals surface area contributed by atoms with E-state index in [2.05, 4.69) is 11.9 Å². The van der Waals surface area contributed by atoms with Gasteiger partial charge in [0.1, 0.15) is 5.65 Å². The second-order valence-electron chi connectivity index (χ2n) is 4.81. The summed E-state index contributed by atoms with van der Waals surface area (Å²) in [7, 11) is 1.64. The van der Waals surface area contributed by atoms with Crippen LogP contribution in [0, 0.1) is 0 Å². The number of nitrogens with zero attached hydrogens (tertiary/aromatic N) is 3. The van der Waals surface area contributed by atoms with Crippen LogP contribution in [0.5, 0.6) is 11.5 Å².